The van der Waals surface area contributed by atoms with Crippen molar-refractivity contribution >= 4 is 11.6 Å². The number of aryl methyl sites for hydroxylation is 1. The molecule has 1 rings (SSSR count). The summed E-state index contributed by atoms with van der Waals surface area (Å²) in [6.07, 6.45) is 0.924. The summed E-state index contributed by atoms with van der Waals surface area (Å²) in [6, 6.07) is 4.05. The Morgan fingerprint density at radius 1 is 1.43 bits per heavy atom. The summed E-state index contributed by atoms with van der Waals surface area (Å²) in [6.45, 7) is 2.97. The average Bonchev–Trinajstić information content (AvgIpc) is 2.18. The number of rotatable bonds is 4. The Labute approximate surface area is 90.2 Å². The molecule has 0 radical (unpaired) electrons. The van der Waals surface area contributed by atoms with Crippen LogP contribution >= 0.6 is 11.6 Å². The molecule has 0 fully saturated rings. The van der Waals surface area contributed by atoms with E-state index in [2.05, 4.69) is 11.4 Å². The first-order valence-corrected chi connectivity index (χ1v) is 5.04. The van der Waals surface area contributed by atoms with Gasteiger partial charge < -0.3 is 10.1 Å². The lowest BCUT2D eigenvalue weighted by Gasteiger charge is -2.10. The van der Waals surface area contributed by atoms with Crippen molar-refractivity contribution in [1.82, 2.24) is 5.32 Å². The van der Waals surface area contributed by atoms with E-state index in [1.165, 1.54) is 5.56 Å². The van der Waals surface area contributed by atoms with Crippen LogP contribution in [0.3, 0.4) is 0 Å². The van der Waals surface area contributed by atoms with Crippen LogP contribution in [0.2, 0.25) is 5.02 Å². The maximum atomic E-state index is 6.16. The predicted octanol–water partition coefficient (Wildman–Crippen LogP) is 2.42. The van der Waals surface area contributed by atoms with Crippen LogP contribution in [0.4, 0.5) is 0 Å². The van der Waals surface area contributed by atoms with E-state index in [0.717, 1.165) is 29.3 Å². The van der Waals surface area contributed by atoms with E-state index in [0.29, 0.717) is 0 Å². The van der Waals surface area contributed by atoms with Gasteiger partial charge in [0.05, 0.1) is 12.1 Å². The summed E-state index contributed by atoms with van der Waals surface area (Å²) in [5, 5.41) is 3.83. The van der Waals surface area contributed by atoms with Crippen LogP contribution in [-0.4, -0.2) is 20.7 Å². The Balaban J connectivity index is 2.96. The minimum absolute atomic E-state index is 0.730. The van der Waals surface area contributed by atoms with Crippen molar-refractivity contribution in [2.75, 3.05) is 20.7 Å². The lowest BCUT2D eigenvalue weighted by molar-refractivity contribution is 0.414. The smallest absolute Gasteiger partial charge is 0.137 e. The average molecular weight is 214 g/mol. The van der Waals surface area contributed by atoms with Gasteiger partial charge >= 0.3 is 0 Å². The predicted molar refractivity (Wildman–Crippen MR) is 60.4 cm³/mol. The van der Waals surface area contributed by atoms with E-state index in [9.17, 15) is 0 Å². The molecule has 0 saturated carbocycles. The van der Waals surface area contributed by atoms with Crippen LogP contribution in [0.5, 0.6) is 5.75 Å². The summed E-state index contributed by atoms with van der Waals surface area (Å²) < 4.78 is 5.19. The van der Waals surface area contributed by atoms with E-state index in [1.807, 2.05) is 20.0 Å². The SMILES string of the molecule is CNCCc1cc(C)cc(OC)c1Cl. The Hall–Kier alpha value is -0.730. The van der Waals surface area contributed by atoms with Gasteiger partial charge in [0.1, 0.15) is 5.75 Å². The number of nitrogens with one attached hydrogen (secondary N) is 1. The maximum absolute atomic E-state index is 6.16. The van der Waals surface area contributed by atoms with Crippen LogP contribution in [0.25, 0.3) is 0 Å². The minimum Gasteiger partial charge on any atom is -0.495 e. The van der Waals surface area contributed by atoms with Gasteiger partial charge in [-0.25, -0.2) is 0 Å². The van der Waals surface area contributed by atoms with Gasteiger partial charge in [0.15, 0.2) is 0 Å². The quantitative estimate of drug-likeness (QED) is 0.830. The van der Waals surface area contributed by atoms with Gasteiger partial charge in [0.25, 0.3) is 0 Å². The number of likely N-dealkylation sites (N-methyl/N-ethyl adjacent to an activating group) is 1. The molecule has 0 aliphatic heterocycles. The number of benzene rings is 1. The van der Waals surface area contributed by atoms with Gasteiger partial charge in [-0.1, -0.05) is 17.7 Å². The van der Waals surface area contributed by atoms with Gasteiger partial charge in [-0.2, -0.15) is 0 Å². The number of halogens is 1. The number of hydrogen-bond acceptors (Lipinski definition) is 2. The second-order valence-corrected chi connectivity index (χ2v) is 3.67. The zero-order chi connectivity index (χ0) is 10.6. The van der Waals surface area contributed by atoms with Crippen molar-refractivity contribution in [1.29, 1.82) is 0 Å². The topological polar surface area (TPSA) is 21.3 Å². The Kier molecular flexibility index (Phi) is 4.23. The molecule has 0 saturated heterocycles. The number of hydrogen-bond donors (Lipinski definition) is 1. The highest BCUT2D eigenvalue weighted by molar-refractivity contribution is 6.32. The largest absolute Gasteiger partial charge is 0.495 e. The molecule has 0 unspecified atom stereocenters. The fourth-order valence-electron chi connectivity index (χ4n) is 1.40. The highest BCUT2D eigenvalue weighted by Gasteiger charge is 2.07. The monoisotopic (exact) mass is 213 g/mol. The molecule has 1 N–H and O–H groups in total. The van der Waals surface area contributed by atoms with Crippen molar-refractivity contribution < 1.29 is 4.74 Å². The van der Waals surface area contributed by atoms with Crippen LogP contribution in [-0.2, 0) is 6.42 Å². The summed E-state index contributed by atoms with van der Waals surface area (Å²) in [7, 11) is 3.57. The van der Waals surface area contributed by atoms with Crippen LogP contribution in [0.15, 0.2) is 12.1 Å². The van der Waals surface area contributed by atoms with E-state index in [-0.39, 0.29) is 0 Å². The Morgan fingerprint density at radius 2 is 2.14 bits per heavy atom. The van der Waals surface area contributed by atoms with Crippen LogP contribution in [0.1, 0.15) is 11.1 Å². The third kappa shape index (κ3) is 2.63. The summed E-state index contributed by atoms with van der Waals surface area (Å²) in [4.78, 5) is 0. The molecule has 0 bridgehead atoms. The highest BCUT2D eigenvalue weighted by Crippen LogP contribution is 2.29. The molecule has 2 nitrogen and oxygen atoms in total. The van der Waals surface area contributed by atoms with Gasteiger partial charge in [-0.3, -0.25) is 0 Å². The molecule has 78 valence electrons. The minimum atomic E-state index is 0.730. The molecular formula is C11H16ClNO. The van der Waals surface area contributed by atoms with Crippen molar-refractivity contribution in [3.05, 3.63) is 28.3 Å². The Morgan fingerprint density at radius 3 is 2.71 bits per heavy atom. The van der Waals surface area contributed by atoms with Crippen molar-refractivity contribution in [2.24, 2.45) is 0 Å². The van der Waals surface area contributed by atoms with Gasteiger partial charge in [-0.15, -0.1) is 0 Å². The van der Waals surface area contributed by atoms with Crippen molar-refractivity contribution in [3.8, 4) is 5.75 Å². The first-order valence-electron chi connectivity index (χ1n) is 4.66. The molecule has 14 heavy (non-hydrogen) atoms. The molecule has 3 heteroatoms. The lowest BCUT2D eigenvalue weighted by atomic mass is 10.1. The molecule has 1 aromatic rings. The first-order chi connectivity index (χ1) is 6.69. The second kappa shape index (κ2) is 5.23. The molecular weight excluding hydrogens is 198 g/mol. The fraction of sp³-hybridized carbons (Fsp3) is 0.455. The molecule has 0 amide bonds. The molecule has 0 aliphatic carbocycles. The molecule has 0 heterocycles. The van der Waals surface area contributed by atoms with Gasteiger partial charge in [-0.05, 0) is 44.1 Å². The molecule has 0 atom stereocenters. The zero-order valence-electron chi connectivity index (χ0n) is 8.86. The summed E-state index contributed by atoms with van der Waals surface area (Å²) in [5.74, 6) is 0.762. The normalized spacial score (nSPS) is 10.3. The van der Waals surface area contributed by atoms with Gasteiger partial charge in [0.2, 0.25) is 0 Å². The van der Waals surface area contributed by atoms with Crippen LogP contribution in [0, 0.1) is 6.92 Å². The fourth-order valence-corrected chi connectivity index (χ4v) is 1.68. The molecule has 0 spiro atoms. The van der Waals surface area contributed by atoms with Crippen LogP contribution < -0.4 is 10.1 Å². The van der Waals surface area contributed by atoms with E-state index in [4.69, 9.17) is 16.3 Å². The van der Waals surface area contributed by atoms with Crippen molar-refractivity contribution in [2.45, 2.75) is 13.3 Å². The first kappa shape index (κ1) is 11.3. The molecule has 1 aromatic carbocycles. The van der Waals surface area contributed by atoms with Gasteiger partial charge in [0, 0.05) is 0 Å². The lowest BCUT2D eigenvalue weighted by Crippen LogP contribution is -2.10. The van der Waals surface area contributed by atoms with E-state index < -0.39 is 0 Å². The number of methoxy groups -OCH3 is 1. The zero-order valence-corrected chi connectivity index (χ0v) is 9.61. The third-order valence-electron chi connectivity index (χ3n) is 2.12. The maximum Gasteiger partial charge on any atom is 0.137 e. The molecule has 0 aliphatic rings. The van der Waals surface area contributed by atoms with Crippen molar-refractivity contribution in [3.63, 3.8) is 0 Å². The van der Waals surface area contributed by atoms with E-state index >= 15 is 0 Å². The summed E-state index contributed by atoms with van der Waals surface area (Å²) >= 11 is 6.16. The standard InChI is InChI=1S/C11H16ClNO/c1-8-6-9(4-5-13-2)11(12)10(7-8)14-3/h6-7,13H,4-5H2,1-3H3. The Bertz CT molecular complexity index is 312. The van der Waals surface area contributed by atoms with E-state index in [1.54, 1.807) is 7.11 Å². The summed E-state index contributed by atoms with van der Waals surface area (Å²) in [5.41, 5.74) is 2.32. The molecule has 0 aromatic heterocycles. The second-order valence-electron chi connectivity index (χ2n) is 3.29. The highest BCUT2D eigenvalue weighted by atomic mass is 35.5. The number of ether oxygens (including phenoxy) is 1. The third-order valence-corrected chi connectivity index (χ3v) is 2.55.